The third kappa shape index (κ3) is 6.66. The first kappa shape index (κ1) is 23.0. The average Bonchev–Trinajstić information content (AvgIpc) is 3.06. The summed E-state index contributed by atoms with van der Waals surface area (Å²) in [4.78, 5) is 15.0. The van der Waals surface area contributed by atoms with Gasteiger partial charge in [-0.15, -0.1) is 0 Å². The van der Waals surface area contributed by atoms with Crippen molar-refractivity contribution in [2.45, 2.75) is 6.18 Å². The lowest BCUT2D eigenvalue weighted by atomic mass is 10.2. The number of aromatic nitrogens is 2. The van der Waals surface area contributed by atoms with Crippen LogP contribution in [-0.4, -0.2) is 49.4 Å². The van der Waals surface area contributed by atoms with E-state index in [1.807, 2.05) is 0 Å². The largest absolute Gasteiger partial charge is 0.472 e. The molecule has 0 atom stereocenters. The number of sulfonamides is 1. The molecule has 1 aromatic carbocycles. The Bertz CT molecular complexity index is 1050. The molecule has 0 aliphatic carbocycles. The minimum absolute atomic E-state index is 0.148. The molecule has 164 valence electrons. The van der Waals surface area contributed by atoms with Gasteiger partial charge in [0.2, 0.25) is 21.6 Å². The number of halogens is 4. The fraction of sp³-hybridized carbons (Fsp3) is 0.286. The Morgan fingerprint density at radius 3 is 2.63 bits per heavy atom. The van der Waals surface area contributed by atoms with Crippen molar-refractivity contribution in [2.75, 3.05) is 18.9 Å². The lowest BCUT2D eigenvalue weighted by molar-refractivity contribution is -0.140. The highest BCUT2D eigenvalue weighted by atomic mass is 32.2. The normalized spacial score (nSPS) is 12.6. The van der Waals surface area contributed by atoms with E-state index in [0.29, 0.717) is 12.1 Å². The van der Waals surface area contributed by atoms with E-state index in [2.05, 4.69) is 25.3 Å². The van der Waals surface area contributed by atoms with Crippen LogP contribution in [0.3, 0.4) is 0 Å². The van der Waals surface area contributed by atoms with Crippen molar-refractivity contribution in [1.82, 2.24) is 15.6 Å². The smallest absolute Gasteiger partial charge is 0.419 e. The summed E-state index contributed by atoms with van der Waals surface area (Å²) < 4.78 is 82.8. The summed E-state index contributed by atoms with van der Waals surface area (Å²) >= 11 is 0. The van der Waals surface area contributed by atoms with Gasteiger partial charge < -0.3 is 15.8 Å². The standard InChI is InChI=1S/C14H14F4N6O5S/c15-9-2-1-7(5-8(9)14(16,17)18)22-12(19)11-13(24-29-23-11)28-4-3-21-10(25)6-30(20,26)27/h1-2,5H,3-4,6H2,(H2,19,22)(H,21,25)(H2,20,26,27). The Morgan fingerprint density at radius 1 is 1.30 bits per heavy atom. The Hall–Kier alpha value is -3.27. The highest BCUT2D eigenvalue weighted by molar-refractivity contribution is 7.89. The van der Waals surface area contributed by atoms with Gasteiger partial charge in [-0.25, -0.2) is 27.6 Å². The average molecular weight is 454 g/mol. The van der Waals surface area contributed by atoms with E-state index in [9.17, 15) is 30.8 Å². The Morgan fingerprint density at radius 2 is 2.00 bits per heavy atom. The van der Waals surface area contributed by atoms with Crippen LogP contribution in [0.2, 0.25) is 0 Å². The molecule has 2 aromatic rings. The number of nitrogens with zero attached hydrogens (tertiary/aromatic N) is 3. The maximum Gasteiger partial charge on any atom is 0.419 e. The number of benzene rings is 1. The molecule has 0 aliphatic heterocycles. The molecule has 11 nitrogen and oxygen atoms in total. The molecule has 1 aromatic heterocycles. The van der Waals surface area contributed by atoms with Gasteiger partial charge in [-0.3, -0.25) is 4.79 Å². The number of rotatable bonds is 8. The van der Waals surface area contributed by atoms with E-state index in [4.69, 9.17) is 15.6 Å². The zero-order valence-electron chi connectivity index (χ0n) is 14.8. The highest BCUT2D eigenvalue weighted by Crippen LogP contribution is 2.33. The second kappa shape index (κ2) is 9.04. The maximum absolute atomic E-state index is 13.3. The van der Waals surface area contributed by atoms with Gasteiger partial charge in [0, 0.05) is 0 Å². The molecule has 0 saturated heterocycles. The molecule has 5 N–H and O–H groups in total. The number of hydrogen-bond acceptors (Lipinski definition) is 8. The van der Waals surface area contributed by atoms with Crippen LogP contribution in [0.1, 0.15) is 11.3 Å². The van der Waals surface area contributed by atoms with E-state index < -0.39 is 45.1 Å². The van der Waals surface area contributed by atoms with E-state index in [1.165, 1.54) is 0 Å². The Labute approximate surface area is 166 Å². The van der Waals surface area contributed by atoms with Crippen LogP contribution in [0.5, 0.6) is 5.88 Å². The minimum atomic E-state index is -4.93. The molecule has 16 heteroatoms. The zero-order valence-corrected chi connectivity index (χ0v) is 15.6. The van der Waals surface area contributed by atoms with Crippen molar-refractivity contribution in [2.24, 2.45) is 15.9 Å². The summed E-state index contributed by atoms with van der Waals surface area (Å²) in [6, 6.07) is 2.00. The number of primary sulfonamides is 1. The van der Waals surface area contributed by atoms with Gasteiger partial charge in [0.25, 0.3) is 5.88 Å². The van der Waals surface area contributed by atoms with Gasteiger partial charge in [0.05, 0.1) is 17.8 Å². The number of alkyl halides is 3. The summed E-state index contributed by atoms with van der Waals surface area (Å²) in [5.74, 6) is -3.99. The van der Waals surface area contributed by atoms with Gasteiger partial charge in [-0.1, -0.05) is 0 Å². The fourth-order valence-electron chi connectivity index (χ4n) is 2.00. The first-order chi connectivity index (χ1) is 13.9. The van der Waals surface area contributed by atoms with Gasteiger partial charge in [-0.05, 0) is 28.5 Å². The van der Waals surface area contributed by atoms with Crippen molar-refractivity contribution >= 4 is 27.5 Å². The number of amides is 1. The predicted molar refractivity (Wildman–Crippen MR) is 92.6 cm³/mol. The van der Waals surface area contributed by atoms with Crippen LogP contribution >= 0.6 is 0 Å². The molecule has 0 unspecified atom stereocenters. The molecular formula is C14H14F4N6O5S. The summed E-state index contributed by atoms with van der Waals surface area (Å²) in [6.07, 6.45) is -4.93. The fourth-order valence-corrected chi connectivity index (χ4v) is 2.46. The molecule has 0 bridgehead atoms. The zero-order chi connectivity index (χ0) is 22.5. The topological polar surface area (TPSA) is 176 Å². The quantitative estimate of drug-likeness (QED) is 0.217. The summed E-state index contributed by atoms with van der Waals surface area (Å²) in [7, 11) is -3.98. The molecule has 0 spiro atoms. The molecular weight excluding hydrogens is 440 g/mol. The monoisotopic (exact) mass is 454 g/mol. The molecule has 0 saturated carbocycles. The van der Waals surface area contributed by atoms with Crippen molar-refractivity contribution in [3.05, 3.63) is 35.3 Å². The molecule has 1 amide bonds. The number of hydrogen-bond donors (Lipinski definition) is 3. The number of nitrogens with one attached hydrogen (secondary N) is 1. The predicted octanol–water partition coefficient (Wildman–Crippen LogP) is 0.0480. The highest BCUT2D eigenvalue weighted by Gasteiger charge is 2.34. The SMILES string of the molecule is NC(=Nc1ccc(F)c(C(F)(F)F)c1)c1nonc1OCCNC(=O)CS(N)(=O)=O. The van der Waals surface area contributed by atoms with Crippen LogP contribution < -0.4 is 20.9 Å². The van der Waals surface area contributed by atoms with Crippen LogP contribution in [0.15, 0.2) is 27.8 Å². The van der Waals surface area contributed by atoms with Gasteiger partial charge >= 0.3 is 6.18 Å². The second-order valence-electron chi connectivity index (χ2n) is 5.58. The third-order valence-electron chi connectivity index (χ3n) is 3.20. The Kier molecular flexibility index (Phi) is 6.93. The summed E-state index contributed by atoms with van der Waals surface area (Å²) in [5, 5.41) is 13.7. The molecule has 0 radical (unpaired) electrons. The number of amidine groups is 1. The van der Waals surface area contributed by atoms with Crippen LogP contribution in [0.4, 0.5) is 23.2 Å². The van der Waals surface area contributed by atoms with Crippen LogP contribution in [0, 0.1) is 5.82 Å². The van der Waals surface area contributed by atoms with Crippen molar-refractivity contribution in [3.63, 3.8) is 0 Å². The number of carbonyl (C=O) groups is 1. The van der Waals surface area contributed by atoms with Gasteiger partial charge in [0.1, 0.15) is 18.2 Å². The van der Waals surface area contributed by atoms with Crippen molar-refractivity contribution < 1.29 is 40.1 Å². The van der Waals surface area contributed by atoms with Crippen LogP contribution in [-0.2, 0) is 21.0 Å². The van der Waals surface area contributed by atoms with Crippen molar-refractivity contribution in [3.8, 4) is 5.88 Å². The van der Waals surface area contributed by atoms with E-state index in [1.54, 1.807) is 0 Å². The van der Waals surface area contributed by atoms with Gasteiger partial charge in [0.15, 0.2) is 5.84 Å². The summed E-state index contributed by atoms with van der Waals surface area (Å²) in [5.41, 5.74) is 3.57. The maximum atomic E-state index is 13.3. The number of carbonyl (C=O) groups excluding carboxylic acids is 1. The molecule has 1 heterocycles. The molecule has 2 rings (SSSR count). The van der Waals surface area contributed by atoms with Crippen molar-refractivity contribution in [1.29, 1.82) is 0 Å². The minimum Gasteiger partial charge on any atom is -0.472 e. The van der Waals surface area contributed by atoms with E-state index in [-0.39, 0.29) is 30.4 Å². The number of nitrogens with two attached hydrogens (primary N) is 2. The number of ether oxygens (including phenoxy) is 1. The third-order valence-corrected chi connectivity index (χ3v) is 3.87. The first-order valence-electron chi connectivity index (χ1n) is 7.80. The van der Waals surface area contributed by atoms with Crippen LogP contribution in [0.25, 0.3) is 0 Å². The Balaban J connectivity index is 2.05. The first-order valence-corrected chi connectivity index (χ1v) is 9.52. The lowest BCUT2D eigenvalue weighted by Gasteiger charge is -2.08. The second-order valence-corrected chi connectivity index (χ2v) is 7.20. The molecule has 0 aliphatic rings. The van der Waals surface area contributed by atoms with E-state index >= 15 is 0 Å². The molecule has 0 fully saturated rings. The lowest BCUT2D eigenvalue weighted by Crippen LogP contribution is -2.35. The summed E-state index contributed by atoms with van der Waals surface area (Å²) in [6.45, 7) is -0.371. The van der Waals surface area contributed by atoms with Gasteiger partial charge in [-0.2, -0.15) is 13.2 Å². The van der Waals surface area contributed by atoms with E-state index in [0.717, 1.165) is 6.07 Å². The molecule has 30 heavy (non-hydrogen) atoms. The number of aliphatic imine (C=N–C) groups is 1.